The molecule has 0 amide bonds. The average Bonchev–Trinajstić information content (AvgIpc) is 2.46. The van der Waals surface area contributed by atoms with Crippen LogP contribution in [0.4, 0.5) is 10.1 Å². The number of ether oxygens (including phenoxy) is 1. The summed E-state index contributed by atoms with van der Waals surface area (Å²) in [5.74, 6) is -2.18. The Morgan fingerprint density at radius 2 is 2.00 bits per heavy atom. The molecule has 6 nitrogen and oxygen atoms in total. The zero-order chi connectivity index (χ0) is 15.4. The lowest BCUT2D eigenvalue weighted by atomic mass is 10.1. The van der Waals surface area contributed by atoms with Crippen molar-refractivity contribution in [3.05, 3.63) is 69.5 Å². The predicted molar refractivity (Wildman–Crippen MR) is 70.8 cm³/mol. The first kappa shape index (κ1) is 14.4. The molecule has 0 atom stereocenters. The highest BCUT2D eigenvalue weighted by Gasteiger charge is 2.15. The highest BCUT2D eigenvalue weighted by Crippen LogP contribution is 2.26. The van der Waals surface area contributed by atoms with Crippen LogP contribution in [-0.2, 0) is 6.61 Å². The lowest BCUT2D eigenvalue weighted by Gasteiger charge is -2.07. The van der Waals surface area contributed by atoms with Crippen LogP contribution in [0.15, 0.2) is 42.5 Å². The second-order valence-corrected chi connectivity index (χ2v) is 4.13. The second kappa shape index (κ2) is 6.00. The molecule has 2 aromatic carbocycles. The highest BCUT2D eigenvalue weighted by atomic mass is 19.1. The summed E-state index contributed by atoms with van der Waals surface area (Å²) in [6, 6.07) is 9.31. The van der Waals surface area contributed by atoms with Crippen LogP contribution in [0.3, 0.4) is 0 Å². The summed E-state index contributed by atoms with van der Waals surface area (Å²) in [4.78, 5) is 21.1. The Balaban J connectivity index is 2.19. The SMILES string of the molecule is O=C(O)c1cc(COc2ccccc2[N+](=O)[O-])ccc1F. The van der Waals surface area contributed by atoms with Gasteiger partial charge >= 0.3 is 11.7 Å². The van der Waals surface area contributed by atoms with E-state index in [4.69, 9.17) is 9.84 Å². The van der Waals surface area contributed by atoms with Gasteiger partial charge in [-0.25, -0.2) is 9.18 Å². The first-order chi connectivity index (χ1) is 9.99. The number of nitrogens with zero attached hydrogens (tertiary/aromatic N) is 1. The summed E-state index contributed by atoms with van der Waals surface area (Å²) in [6.07, 6.45) is 0. The maximum absolute atomic E-state index is 13.2. The van der Waals surface area contributed by atoms with Crippen molar-refractivity contribution in [1.82, 2.24) is 0 Å². The molecule has 2 rings (SSSR count). The average molecular weight is 291 g/mol. The molecule has 0 aromatic heterocycles. The van der Waals surface area contributed by atoms with E-state index in [0.717, 1.165) is 12.1 Å². The molecule has 2 aromatic rings. The molecule has 0 spiro atoms. The first-order valence-electron chi connectivity index (χ1n) is 5.87. The fourth-order valence-corrected chi connectivity index (χ4v) is 1.72. The van der Waals surface area contributed by atoms with Crippen LogP contribution in [0.25, 0.3) is 0 Å². The van der Waals surface area contributed by atoms with Crippen LogP contribution in [0, 0.1) is 15.9 Å². The minimum absolute atomic E-state index is 0.0590. The molecule has 0 unspecified atom stereocenters. The van der Waals surface area contributed by atoms with Gasteiger partial charge in [-0.1, -0.05) is 18.2 Å². The van der Waals surface area contributed by atoms with E-state index in [1.807, 2.05) is 0 Å². The Bertz CT molecular complexity index is 702. The van der Waals surface area contributed by atoms with E-state index in [0.29, 0.717) is 5.56 Å². The molecule has 0 bridgehead atoms. The molecule has 7 heteroatoms. The zero-order valence-corrected chi connectivity index (χ0v) is 10.7. The molecular weight excluding hydrogens is 281 g/mol. The number of halogens is 1. The Morgan fingerprint density at radius 1 is 1.29 bits per heavy atom. The van der Waals surface area contributed by atoms with Crippen LogP contribution < -0.4 is 4.74 Å². The molecule has 0 saturated carbocycles. The van der Waals surface area contributed by atoms with Gasteiger partial charge in [-0.3, -0.25) is 10.1 Å². The van der Waals surface area contributed by atoms with E-state index in [9.17, 15) is 19.3 Å². The van der Waals surface area contributed by atoms with Gasteiger partial charge in [0.1, 0.15) is 12.4 Å². The highest BCUT2D eigenvalue weighted by molar-refractivity contribution is 5.88. The van der Waals surface area contributed by atoms with Crippen molar-refractivity contribution in [1.29, 1.82) is 0 Å². The Hall–Kier alpha value is -2.96. The molecule has 0 aliphatic heterocycles. The number of nitro benzene ring substituents is 1. The number of hydrogen-bond donors (Lipinski definition) is 1. The molecule has 0 aliphatic carbocycles. The van der Waals surface area contributed by atoms with Gasteiger partial charge in [0.05, 0.1) is 10.5 Å². The largest absolute Gasteiger partial charge is 0.482 e. The van der Waals surface area contributed by atoms with Crippen LogP contribution in [0.2, 0.25) is 0 Å². The van der Waals surface area contributed by atoms with E-state index in [2.05, 4.69) is 0 Å². The number of aromatic carboxylic acids is 1. The number of hydrogen-bond acceptors (Lipinski definition) is 4. The van der Waals surface area contributed by atoms with Gasteiger partial charge in [0.25, 0.3) is 0 Å². The smallest absolute Gasteiger partial charge is 0.338 e. The van der Waals surface area contributed by atoms with Crippen molar-refractivity contribution in [2.45, 2.75) is 6.61 Å². The quantitative estimate of drug-likeness (QED) is 0.675. The van der Waals surface area contributed by atoms with E-state index >= 15 is 0 Å². The van der Waals surface area contributed by atoms with Gasteiger partial charge in [0.2, 0.25) is 0 Å². The fourth-order valence-electron chi connectivity index (χ4n) is 1.72. The van der Waals surface area contributed by atoms with Crippen LogP contribution in [0.5, 0.6) is 5.75 Å². The third-order valence-electron chi connectivity index (χ3n) is 2.72. The molecule has 0 aliphatic rings. The zero-order valence-electron chi connectivity index (χ0n) is 10.7. The van der Waals surface area contributed by atoms with Crippen LogP contribution in [-0.4, -0.2) is 16.0 Å². The molecule has 0 saturated heterocycles. The molecule has 21 heavy (non-hydrogen) atoms. The van der Waals surface area contributed by atoms with Crippen molar-refractivity contribution >= 4 is 11.7 Å². The number of nitro groups is 1. The van der Waals surface area contributed by atoms with E-state index in [1.165, 1.54) is 24.3 Å². The van der Waals surface area contributed by atoms with Gasteiger partial charge in [-0.15, -0.1) is 0 Å². The van der Waals surface area contributed by atoms with Gasteiger partial charge in [-0.2, -0.15) is 0 Å². The summed E-state index contributed by atoms with van der Waals surface area (Å²) in [5, 5.41) is 19.6. The Kier molecular flexibility index (Phi) is 4.13. The van der Waals surface area contributed by atoms with E-state index in [1.54, 1.807) is 6.07 Å². The maximum Gasteiger partial charge on any atom is 0.338 e. The van der Waals surface area contributed by atoms with E-state index in [-0.39, 0.29) is 18.0 Å². The van der Waals surface area contributed by atoms with Crippen molar-refractivity contribution in [3.63, 3.8) is 0 Å². The second-order valence-electron chi connectivity index (χ2n) is 4.13. The third kappa shape index (κ3) is 3.33. The van der Waals surface area contributed by atoms with Crippen LogP contribution in [0.1, 0.15) is 15.9 Å². The normalized spacial score (nSPS) is 10.1. The minimum Gasteiger partial charge on any atom is -0.482 e. The Morgan fingerprint density at radius 3 is 2.67 bits per heavy atom. The van der Waals surface area contributed by atoms with Crippen molar-refractivity contribution < 1.29 is 24.0 Å². The lowest BCUT2D eigenvalue weighted by molar-refractivity contribution is -0.385. The number of carbonyl (C=O) groups is 1. The van der Waals surface area contributed by atoms with Crippen molar-refractivity contribution in [2.24, 2.45) is 0 Å². The van der Waals surface area contributed by atoms with Crippen molar-refractivity contribution in [2.75, 3.05) is 0 Å². The van der Waals surface area contributed by atoms with E-state index < -0.39 is 22.3 Å². The number of para-hydroxylation sites is 2. The molecule has 0 heterocycles. The topological polar surface area (TPSA) is 89.7 Å². The molecule has 0 radical (unpaired) electrons. The summed E-state index contributed by atoms with van der Waals surface area (Å²) in [7, 11) is 0. The summed E-state index contributed by atoms with van der Waals surface area (Å²) in [5.41, 5.74) is -0.274. The predicted octanol–water partition coefficient (Wildman–Crippen LogP) is 3.01. The summed E-state index contributed by atoms with van der Waals surface area (Å²) < 4.78 is 18.5. The van der Waals surface area contributed by atoms with Gasteiger partial charge in [-0.05, 0) is 23.8 Å². The minimum atomic E-state index is -1.39. The standard InChI is InChI=1S/C14H10FNO5/c15-11-6-5-9(7-10(11)14(17)18)8-21-13-4-2-1-3-12(13)16(19)20/h1-7H,8H2,(H,17,18). The number of carboxylic acid groups (broad SMARTS) is 1. The Labute approximate surface area is 118 Å². The number of rotatable bonds is 5. The molecule has 108 valence electrons. The number of benzene rings is 2. The van der Waals surface area contributed by atoms with Gasteiger partial charge in [0.15, 0.2) is 5.75 Å². The van der Waals surface area contributed by atoms with Gasteiger partial charge in [0, 0.05) is 6.07 Å². The lowest BCUT2D eigenvalue weighted by Crippen LogP contribution is -2.04. The molecular formula is C14H10FNO5. The maximum atomic E-state index is 13.2. The monoisotopic (exact) mass is 291 g/mol. The third-order valence-corrected chi connectivity index (χ3v) is 2.72. The summed E-state index contributed by atoms with van der Waals surface area (Å²) in [6.45, 7) is -0.106. The van der Waals surface area contributed by atoms with Crippen LogP contribution >= 0.6 is 0 Å². The fraction of sp³-hybridized carbons (Fsp3) is 0.0714. The van der Waals surface area contributed by atoms with Gasteiger partial charge < -0.3 is 9.84 Å². The number of carboxylic acids is 1. The summed E-state index contributed by atoms with van der Waals surface area (Å²) >= 11 is 0. The van der Waals surface area contributed by atoms with Crippen molar-refractivity contribution in [3.8, 4) is 5.75 Å². The first-order valence-corrected chi connectivity index (χ1v) is 5.87. The molecule has 0 fully saturated rings. The molecule has 1 N–H and O–H groups in total.